The van der Waals surface area contributed by atoms with E-state index in [1.54, 1.807) is 0 Å². The number of likely N-dealkylation sites (tertiary alicyclic amines) is 1. The van der Waals surface area contributed by atoms with Crippen LogP contribution in [0.1, 0.15) is 27.2 Å². The van der Waals surface area contributed by atoms with Crippen molar-refractivity contribution in [2.24, 2.45) is 5.92 Å². The fraction of sp³-hybridized carbons (Fsp3) is 0.875. The number of rotatable bonds is 1. The first-order chi connectivity index (χ1) is 4.63. The molecule has 0 saturated carbocycles. The molecule has 0 unspecified atom stereocenters. The first-order valence-electron chi connectivity index (χ1n) is 3.93. The van der Waals surface area contributed by atoms with E-state index in [-0.39, 0.29) is 5.92 Å². The van der Waals surface area contributed by atoms with Gasteiger partial charge in [0.05, 0.1) is 0 Å². The third kappa shape index (κ3) is 1.15. The molecule has 2 heteroatoms. The monoisotopic (exact) mass is 141 g/mol. The Balaban J connectivity index is 2.57. The molecule has 0 spiro atoms. The third-order valence-electron chi connectivity index (χ3n) is 2.13. The molecule has 1 heterocycles. The Kier molecular flexibility index (Phi) is 1.97. The molecule has 0 radical (unpaired) electrons. The zero-order valence-electron chi connectivity index (χ0n) is 6.92. The Labute approximate surface area is 62.2 Å². The highest BCUT2D eigenvalue weighted by Crippen LogP contribution is 2.18. The van der Waals surface area contributed by atoms with Crippen LogP contribution in [0.3, 0.4) is 0 Å². The van der Waals surface area contributed by atoms with E-state index in [1.165, 1.54) is 0 Å². The van der Waals surface area contributed by atoms with Crippen molar-refractivity contribution in [2.45, 2.75) is 33.2 Å². The van der Waals surface area contributed by atoms with Crippen molar-refractivity contribution in [2.75, 3.05) is 6.54 Å². The molecular formula is C8H15NO. The van der Waals surface area contributed by atoms with E-state index < -0.39 is 0 Å². The molecule has 2 nitrogen and oxygen atoms in total. The summed E-state index contributed by atoms with van der Waals surface area (Å²) >= 11 is 0. The molecule has 0 aliphatic carbocycles. The summed E-state index contributed by atoms with van der Waals surface area (Å²) in [6.45, 7) is 7.09. The predicted molar refractivity (Wildman–Crippen MR) is 40.6 cm³/mol. The molecule has 0 bridgehead atoms. The van der Waals surface area contributed by atoms with Crippen molar-refractivity contribution < 1.29 is 4.79 Å². The van der Waals surface area contributed by atoms with E-state index in [0.29, 0.717) is 11.9 Å². The van der Waals surface area contributed by atoms with Crippen LogP contribution >= 0.6 is 0 Å². The topological polar surface area (TPSA) is 20.3 Å². The van der Waals surface area contributed by atoms with Gasteiger partial charge < -0.3 is 4.90 Å². The molecule has 10 heavy (non-hydrogen) atoms. The lowest BCUT2D eigenvalue weighted by molar-refractivity contribution is -0.131. The van der Waals surface area contributed by atoms with Gasteiger partial charge in [0.15, 0.2) is 0 Å². The van der Waals surface area contributed by atoms with Crippen molar-refractivity contribution in [1.82, 2.24) is 4.90 Å². The molecular weight excluding hydrogens is 126 g/mol. The zero-order chi connectivity index (χ0) is 7.72. The van der Waals surface area contributed by atoms with Crippen LogP contribution in [-0.4, -0.2) is 23.4 Å². The second-order valence-electron chi connectivity index (χ2n) is 3.32. The van der Waals surface area contributed by atoms with Gasteiger partial charge >= 0.3 is 0 Å². The maximum Gasteiger partial charge on any atom is 0.225 e. The van der Waals surface area contributed by atoms with Crippen LogP contribution in [0.4, 0.5) is 0 Å². The Morgan fingerprint density at radius 2 is 2.20 bits per heavy atom. The average molecular weight is 141 g/mol. The van der Waals surface area contributed by atoms with Crippen molar-refractivity contribution in [1.29, 1.82) is 0 Å². The Hall–Kier alpha value is -0.530. The van der Waals surface area contributed by atoms with E-state index in [1.807, 2.05) is 11.8 Å². The fourth-order valence-corrected chi connectivity index (χ4v) is 1.36. The number of carbonyl (C=O) groups excluding carboxylic acids is 1. The molecule has 0 N–H and O–H groups in total. The van der Waals surface area contributed by atoms with Gasteiger partial charge in [-0.05, 0) is 20.3 Å². The predicted octanol–water partition coefficient (Wildman–Crippen LogP) is 1.26. The Morgan fingerprint density at radius 1 is 1.60 bits per heavy atom. The lowest BCUT2D eigenvalue weighted by Gasteiger charge is -2.20. The summed E-state index contributed by atoms with van der Waals surface area (Å²) < 4.78 is 0. The summed E-state index contributed by atoms with van der Waals surface area (Å²) in [4.78, 5) is 13.2. The van der Waals surface area contributed by atoms with E-state index in [0.717, 1.165) is 13.0 Å². The summed E-state index contributed by atoms with van der Waals surface area (Å²) in [7, 11) is 0. The van der Waals surface area contributed by atoms with Gasteiger partial charge in [-0.2, -0.15) is 0 Å². The van der Waals surface area contributed by atoms with Crippen LogP contribution in [-0.2, 0) is 4.79 Å². The lowest BCUT2D eigenvalue weighted by atomic mass is 10.1. The van der Waals surface area contributed by atoms with Gasteiger partial charge in [-0.25, -0.2) is 0 Å². The molecule has 58 valence electrons. The first kappa shape index (κ1) is 7.58. The van der Waals surface area contributed by atoms with Crippen LogP contribution in [0.15, 0.2) is 0 Å². The normalized spacial score (nSPS) is 26.6. The summed E-state index contributed by atoms with van der Waals surface area (Å²) in [5.74, 6) is 0.595. The highest BCUT2D eigenvalue weighted by molar-refractivity contribution is 5.80. The van der Waals surface area contributed by atoms with Crippen LogP contribution < -0.4 is 0 Å². The van der Waals surface area contributed by atoms with Gasteiger partial charge in [-0.3, -0.25) is 4.79 Å². The van der Waals surface area contributed by atoms with Crippen LogP contribution in [0.25, 0.3) is 0 Å². The zero-order valence-corrected chi connectivity index (χ0v) is 6.92. The first-order valence-corrected chi connectivity index (χ1v) is 3.93. The van der Waals surface area contributed by atoms with Gasteiger partial charge in [-0.15, -0.1) is 0 Å². The minimum atomic E-state index is 0.266. The van der Waals surface area contributed by atoms with Gasteiger partial charge in [-0.1, -0.05) is 6.92 Å². The Bertz CT molecular complexity index is 142. The van der Waals surface area contributed by atoms with Gasteiger partial charge in [0.25, 0.3) is 0 Å². The minimum Gasteiger partial charge on any atom is -0.340 e. The molecule has 1 atom stereocenters. The smallest absolute Gasteiger partial charge is 0.225 e. The van der Waals surface area contributed by atoms with E-state index in [2.05, 4.69) is 13.8 Å². The number of carbonyl (C=O) groups is 1. The second-order valence-corrected chi connectivity index (χ2v) is 3.32. The molecule has 0 aromatic heterocycles. The van der Waals surface area contributed by atoms with Crippen LogP contribution in [0, 0.1) is 5.92 Å². The van der Waals surface area contributed by atoms with Gasteiger partial charge in [0, 0.05) is 18.5 Å². The van der Waals surface area contributed by atoms with Crippen LogP contribution in [0.2, 0.25) is 0 Å². The maximum atomic E-state index is 11.3. The largest absolute Gasteiger partial charge is 0.340 e. The quantitative estimate of drug-likeness (QED) is 0.538. The maximum absolute atomic E-state index is 11.3. The molecule has 1 amide bonds. The summed E-state index contributed by atoms with van der Waals surface area (Å²) in [5, 5.41) is 0. The van der Waals surface area contributed by atoms with Gasteiger partial charge in [0.1, 0.15) is 0 Å². The van der Waals surface area contributed by atoms with Crippen LogP contribution in [0.5, 0.6) is 0 Å². The fourth-order valence-electron chi connectivity index (χ4n) is 1.36. The SMILES string of the molecule is CC(C)N1CC[C@H](C)C1=O. The lowest BCUT2D eigenvalue weighted by Crippen LogP contribution is -2.33. The molecule has 1 rings (SSSR count). The highest BCUT2D eigenvalue weighted by atomic mass is 16.2. The van der Waals surface area contributed by atoms with Gasteiger partial charge in [0.2, 0.25) is 5.91 Å². The van der Waals surface area contributed by atoms with Crippen molar-refractivity contribution in [3.8, 4) is 0 Å². The third-order valence-corrected chi connectivity index (χ3v) is 2.13. The summed E-state index contributed by atoms with van der Waals surface area (Å²) in [6, 6.07) is 0.387. The minimum absolute atomic E-state index is 0.266. The second kappa shape index (κ2) is 2.60. The highest BCUT2D eigenvalue weighted by Gasteiger charge is 2.28. The average Bonchev–Trinajstić information content (AvgIpc) is 2.14. The number of nitrogens with zero attached hydrogens (tertiary/aromatic N) is 1. The van der Waals surface area contributed by atoms with E-state index in [9.17, 15) is 4.79 Å². The van der Waals surface area contributed by atoms with E-state index >= 15 is 0 Å². The van der Waals surface area contributed by atoms with Crippen molar-refractivity contribution >= 4 is 5.91 Å². The molecule has 0 aromatic carbocycles. The standard InChI is InChI=1S/C8H15NO/c1-6(2)9-5-4-7(3)8(9)10/h6-7H,4-5H2,1-3H3/t7-/m0/s1. The van der Waals surface area contributed by atoms with Crippen molar-refractivity contribution in [3.05, 3.63) is 0 Å². The Morgan fingerprint density at radius 3 is 2.40 bits per heavy atom. The summed E-state index contributed by atoms with van der Waals surface area (Å²) in [5.41, 5.74) is 0. The molecule has 1 fully saturated rings. The molecule has 1 saturated heterocycles. The van der Waals surface area contributed by atoms with E-state index in [4.69, 9.17) is 0 Å². The molecule has 1 aliphatic heterocycles. The molecule has 1 aliphatic rings. The van der Waals surface area contributed by atoms with Crippen molar-refractivity contribution in [3.63, 3.8) is 0 Å². The summed E-state index contributed by atoms with van der Waals surface area (Å²) in [6.07, 6.45) is 1.04. The number of hydrogen-bond acceptors (Lipinski definition) is 1. The number of hydrogen-bond donors (Lipinski definition) is 0. The molecule has 0 aromatic rings. The number of amides is 1.